The fraction of sp³-hybridized carbons (Fsp3) is 0.312. The molecule has 0 radical (unpaired) electrons. The molecule has 1 aromatic carbocycles. The Hall–Kier alpha value is -1.75. The molecule has 1 saturated carbocycles. The first-order valence-corrected chi connectivity index (χ1v) is 7.81. The maximum atomic E-state index is 5.30. The summed E-state index contributed by atoms with van der Waals surface area (Å²) < 4.78 is 6.48. The predicted molar refractivity (Wildman–Crippen MR) is 87.3 cm³/mol. The van der Waals surface area contributed by atoms with Gasteiger partial charge in [0.05, 0.1) is 12.8 Å². The smallest absolute Gasteiger partial charge is 0.191 e. The highest BCUT2D eigenvalue weighted by Gasteiger charge is 2.39. The van der Waals surface area contributed by atoms with Gasteiger partial charge in [0.15, 0.2) is 5.96 Å². The van der Waals surface area contributed by atoms with Crippen molar-refractivity contribution in [2.45, 2.75) is 24.9 Å². The normalized spacial score (nSPS) is 21.1. The van der Waals surface area contributed by atoms with Gasteiger partial charge in [-0.05, 0) is 30.2 Å². The van der Waals surface area contributed by atoms with Crippen LogP contribution in [0.3, 0.4) is 0 Å². The van der Waals surface area contributed by atoms with E-state index in [2.05, 4.69) is 49.8 Å². The van der Waals surface area contributed by atoms with Gasteiger partial charge in [0.25, 0.3) is 0 Å². The van der Waals surface area contributed by atoms with Gasteiger partial charge in [-0.2, -0.15) is 0 Å². The molecule has 1 heterocycles. The molecule has 2 N–H and O–H groups in total. The van der Waals surface area contributed by atoms with Gasteiger partial charge in [-0.25, -0.2) is 0 Å². The number of aliphatic imine (C=N–C) groups is 1. The third kappa shape index (κ3) is 3.47. The molecule has 4 nitrogen and oxygen atoms in total. The molecule has 1 aliphatic rings. The van der Waals surface area contributed by atoms with Gasteiger partial charge in [0.1, 0.15) is 5.76 Å². The predicted octanol–water partition coefficient (Wildman–Crippen LogP) is 3.26. The van der Waals surface area contributed by atoms with Crippen molar-refractivity contribution in [2.24, 2.45) is 4.99 Å². The van der Waals surface area contributed by atoms with Crippen molar-refractivity contribution < 1.29 is 4.42 Å². The van der Waals surface area contributed by atoms with E-state index in [-0.39, 0.29) is 0 Å². The zero-order chi connectivity index (χ0) is 14.7. The lowest BCUT2D eigenvalue weighted by atomic mass is 10.1. The number of nitrogens with zero attached hydrogens (tertiary/aromatic N) is 1. The molecule has 0 amide bonds. The molecule has 3 rings (SSSR count). The second kappa shape index (κ2) is 6.35. The van der Waals surface area contributed by atoms with Crippen LogP contribution < -0.4 is 10.6 Å². The largest absolute Gasteiger partial charge is 0.467 e. The van der Waals surface area contributed by atoms with E-state index in [1.54, 1.807) is 13.3 Å². The van der Waals surface area contributed by atoms with Crippen molar-refractivity contribution in [1.29, 1.82) is 0 Å². The first kappa shape index (κ1) is 14.2. The van der Waals surface area contributed by atoms with Crippen LogP contribution in [0.25, 0.3) is 0 Å². The first-order chi connectivity index (χ1) is 10.3. The number of nitrogens with one attached hydrogen (secondary N) is 2. The molecular weight excluding hydrogens is 330 g/mol. The summed E-state index contributed by atoms with van der Waals surface area (Å²) >= 11 is 3.62. The SMILES string of the molecule is CN=C(NCc1ccco1)N[C@@H]1C[C@H]1c1ccccc1Br. The average Bonchev–Trinajstić information content (AvgIpc) is 3.05. The highest BCUT2D eigenvalue weighted by molar-refractivity contribution is 9.10. The number of hydrogen-bond donors (Lipinski definition) is 2. The molecule has 0 spiro atoms. The van der Waals surface area contributed by atoms with Gasteiger partial charge < -0.3 is 15.1 Å². The molecular formula is C16H18BrN3O. The average molecular weight is 348 g/mol. The van der Waals surface area contributed by atoms with Gasteiger partial charge in [-0.3, -0.25) is 4.99 Å². The maximum Gasteiger partial charge on any atom is 0.191 e. The Balaban J connectivity index is 1.54. The van der Waals surface area contributed by atoms with Crippen LogP contribution in [0.15, 0.2) is 56.5 Å². The van der Waals surface area contributed by atoms with E-state index in [4.69, 9.17) is 4.42 Å². The second-order valence-corrected chi connectivity index (χ2v) is 5.97. The Labute approximate surface area is 132 Å². The van der Waals surface area contributed by atoms with Crippen LogP contribution >= 0.6 is 15.9 Å². The van der Waals surface area contributed by atoms with Crippen LogP contribution in [-0.2, 0) is 6.54 Å². The molecule has 1 fully saturated rings. The molecule has 0 aliphatic heterocycles. The lowest BCUT2D eigenvalue weighted by Gasteiger charge is -2.11. The quantitative estimate of drug-likeness (QED) is 0.659. The summed E-state index contributed by atoms with van der Waals surface area (Å²) in [7, 11) is 1.79. The van der Waals surface area contributed by atoms with Crippen molar-refractivity contribution in [3.05, 3.63) is 58.5 Å². The summed E-state index contributed by atoms with van der Waals surface area (Å²) in [6, 6.07) is 12.7. The fourth-order valence-corrected chi connectivity index (χ4v) is 3.01. The van der Waals surface area contributed by atoms with E-state index in [0.29, 0.717) is 18.5 Å². The minimum Gasteiger partial charge on any atom is -0.467 e. The Morgan fingerprint density at radius 1 is 1.33 bits per heavy atom. The molecule has 5 heteroatoms. The fourth-order valence-electron chi connectivity index (χ4n) is 2.43. The lowest BCUT2D eigenvalue weighted by molar-refractivity contribution is 0.501. The molecule has 110 valence electrons. The summed E-state index contributed by atoms with van der Waals surface area (Å²) in [4.78, 5) is 4.26. The first-order valence-electron chi connectivity index (χ1n) is 7.02. The topological polar surface area (TPSA) is 49.6 Å². The number of furan rings is 1. The van der Waals surface area contributed by atoms with E-state index in [9.17, 15) is 0 Å². The standard InChI is InChI=1S/C16H18BrN3O/c1-18-16(19-10-11-5-4-8-21-11)20-15-9-13(15)12-6-2-3-7-14(12)17/h2-8,13,15H,9-10H2,1H3,(H2,18,19,20)/t13-,15+/m0/s1. The molecule has 0 bridgehead atoms. The Morgan fingerprint density at radius 2 is 2.19 bits per heavy atom. The lowest BCUT2D eigenvalue weighted by Crippen LogP contribution is -2.38. The monoisotopic (exact) mass is 347 g/mol. The van der Waals surface area contributed by atoms with Crippen LogP contribution in [0.1, 0.15) is 23.7 Å². The van der Waals surface area contributed by atoms with Gasteiger partial charge >= 0.3 is 0 Å². The molecule has 0 saturated heterocycles. The van der Waals surface area contributed by atoms with Gasteiger partial charge in [0.2, 0.25) is 0 Å². The second-order valence-electron chi connectivity index (χ2n) is 5.12. The van der Waals surface area contributed by atoms with Crippen LogP contribution in [0, 0.1) is 0 Å². The Morgan fingerprint density at radius 3 is 2.90 bits per heavy atom. The van der Waals surface area contributed by atoms with Crippen molar-refractivity contribution in [1.82, 2.24) is 10.6 Å². The van der Waals surface area contributed by atoms with Crippen molar-refractivity contribution in [3.8, 4) is 0 Å². The van der Waals surface area contributed by atoms with Crippen molar-refractivity contribution in [3.63, 3.8) is 0 Å². The minimum atomic E-state index is 0.437. The summed E-state index contributed by atoms with van der Waals surface area (Å²) in [5.74, 6) is 2.25. The van der Waals surface area contributed by atoms with Gasteiger partial charge in [-0.15, -0.1) is 0 Å². The maximum absolute atomic E-state index is 5.30. The molecule has 2 aromatic rings. The van der Waals surface area contributed by atoms with E-state index in [0.717, 1.165) is 18.1 Å². The molecule has 2 atom stereocenters. The molecule has 1 aliphatic carbocycles. The highest BCUT2D eigenvalue weighted by Crippen LogP contribution is 2.43. The van der Waals surface area contributed by atoms with Crippen LogP contribution in [0.5, 0.6) is 0 Å². The zero-order valence-electron chi connectivity index (χ0n) is 11.8. The Kier molecular flexibility index (Phi) is 4.29. The van der Waals surface area contributed by atoms with E-state index in [1.165, 1.54) is 10.0 Å². The summed E-state index contributed by atoms with van der Waals surface area (Å²) in [6.07, 6.45) is 2.81. The molecule has 21 heavy (non-hydrogen) atoms. The third-order valence-corrected chi connectivity index (χ3v) is 4.37. The number of benzene rings is 1. The number of halogens is 1. The van der Waals surface area contributed by atoms with Crippen LogP contribution in [-0.4, -0.2) is 19.0 Å². The number of rotatable bonds is 4. The Bertz CT molecular complexity index is 624. The van der Waals surface area contributed by atoms with Gasteiger partial charge in [-0.1, -0.05) is 34.1 Å². The zero-order valence-corrected chi connectivity index (χ0v) is 13.4. The molecule has 1 aromatic heterocycles. The summed E-state index contributed by atoms with van der Waals surface area (Å²) in [5.41, 5.74) is 1.36. The molecule has 0 unspecified atom stereocenters. The van der Waals surface area contributed by atoms with E-state index in [1.807, 2.05) is 18.2 Å². The summed E-state index contributed by atoms with van der Waals surface area (Å²) in [5, 5.41) is 6.72. The van der Waals surface area contributed by atoms with Crippen molar-refractivity contribution >= 4 is 21.9 Å². The summed E-state index contributed by atoms with van der Waals surface area (Å²) in [6.45, 7) is 0.638. The van der Waals surface area contributed by atoms with E-state index < -0.39 is 0 Å². The van der Waals surface area contributed by atoms with Crippen LogP contribution in [0.2, 0.25) is 0 Å². The minimum absolute atomic E-state index is 0.437. The van der Waals surface area contributed by atoms with Crippen LogP contribution in [0.4, 0.5) is 0 Å². The van der Waals surface area contributed by atoms with Gasteiger partial charge in [0, 0.05) is 23.5 Å². The number of guanidine groups is 1. The highest BCUT2D eigenvalue weighted by atomic mass is 79.9. The third-order valence-electron chi connectivity index (χ3n) is 3.65. The number of hydrogen-bond acceptors (Lipinski definition) is 2. The van der Waals surface area contributed by atoms with Crippen molar-refractivity contribution in [2.75, 3.05) is 7.05 Å². The van der Waals surface area contributed by atoms with E-state index >= 15 is 0 Å².